The van der Waals surface area contributed by atoms with E-state index in [0.717, 1.165) is 0 Å². The largest absolute Gasteiger partial charge is 0.460 e. The average Bonchev–Trinajstić information content (AvgIpc) is 2.59. The quantitative estimate of drug-likeness (QED) is 0.240. The Bertz CT molecular complexity index is 718. The van der Waals surface area contributed by atoms with Crippen LogP contribution >= 0.6 is 0 Å². The van der Waals surface area contributed by atoms with E-state index < -0.39 is 72.9 Å². The molecule has 0 aromatic carbocycles. The second kappa shape index (κ2) is 8.70. The molecule has 0 amide bonds. The summed E-state index contributed by atoms with van der Waals surface area (Å²) in [5, 5.41) is 0. The highest BCUT2D eigenvalue weighted by Crippen LogP contribution is 2.60. The predicted octanol–water partition coefficient (Wildman–Crippen LogP) is 4.83. The number of alkyl halides is 13. The first-order chi connectivity index (χ1) is 13.6. The molecule has 0 N–H and O–H groups in total. The Labute approximate surface area is 168 Å². The summed E-state index contributed by atoms with van der Waals surface area (Å²) in [6.45, 7) is -3.13. The van der Waals surface area contributed by atoms with E-state index in [0.29, 0.717) is 0 Å². The van der Waals surface area contributed by atoms with Crippen LogP contribution in [0, 0.1) is 37.0 Å². The van der Waals surface area contributed by atoms with Gasteiger partial charge in [-0.05, 0) is 17.8 Å². The first-order valence-corrected chi connectivity index (χ1v) is 7.75. The van der Waals surface area contributed by atoms with E-state index in [4.69, 9.17) is 19.3 Å². The third kappa shape index (κ3) is 4.82. The van der Waals surface area contributed by atoms with Crippen LogP contribution in [-0.4, -0.2) is 66.5 Å². The molecule has 0 bridgehead atoms. The Morgan fingerprint density at radius 3 is 1.13 bits per heavy atom. The number of hydrogen-bond donors (Lipinski definition) is 0. The molecule has 176 valence electrons. The van der Waals surface area contributed by atoms with Crippen LogP contribution in [0.3, 0.4) is 0 Å². The molecule has 1 nitrogen and oxygen atoms in total. The van der Waals surface area contributed by atoms with Crippen molar-refractivity contribution in [3.05, 3.63) is 0 Å². The third-order valence-electron chi connectivity index (χ3n) is 4.18. The molecule has 0 aliphatic rings. The monoisotopic (exact) mass is 478 g/mol. The number of quaternary nitrogens is 1. The minimum absolute atomic E-state index is 0.602. The molecular weight excluding hydrogens is 465 g/mol. The van der Waals surface area contributed by atoms with Crippen LogP contribution in [0.1, 0.15) is 6.42 Å². The normalized spacial score (nSPS) is 14.5. The van der Waals surface area contributed by atoms with Gasteiger partial charge in [0, 0.05) is 0 Å². The number of rotatable bonds is 10. The first-order valence-electron chi connectivity index (χ1n) is 7.75. The zero-order valence-electron chi connectivity index (χ0n) is 15.1. The lowest BCUT2D eigenvalue weighted by atomic mass is 9.92. The van der Waals surface area contributed by atoms with Crippen molar-refractivity contribution in [2.75, 3.05) is 26.2 Å². The van der Waals surface area contributed by atoms with Crippen molar-refractivity contribution >= 4 is 0 Å². The summed E-state index contributed by atoms with van der Waals surface area (Å²) >= 11 is 0. The number of nitrogens with zero attached hydrogens (tertiary/aromatic N) is 1. The highest BCUT2D eigenvalue weighted by atomic mass is 19.4. The van der Waals surface area contributed by atoms with Crippen molar-refractivity contribution in [2.24, 2.45) is 0 Å². The summed E-state index contributed by atoms with van der Waals surface area (Å²) in [6, 6.07) is 0. The van der Waals surface area contributed by atoms with E-state index >= 15 is 0 Å². The summed E-state index contributed by atoms with van der Waals surface area (Å²) in [6.07, 6.45) is 5.04. The van der Waals surface area contributed by atoms with Crippen LogP contribution in [0.25, 0.3) is 0 Å². The molecule has 0 heterocycles. The summed E-state index contributed by atoms with van der Waals surface area (Å²) < 4.78 is 169. The maximum absolute atomic E-state index is 13.9. The molecule has 0 saturated carbocycles. The number of halogens is 13. The summed E-state index contributed by atoms with van der Waals surface area (Å²) in [5.41, 5.74) is 0. The van der Waals surface area contributed by atoms with E-state index in [1.54, 1.807) is 0 Å². The zero-order valence-corrected chi connectivity index (χ0v) is 15.1. The maximum Gasteiger partial charge on any atom is 0.460 e. The molecule has 0 aliphatic heterocycles. The second-order valence-electron chi connectivity index (χ2n) is 6.40. The topological polar surface area (TPSA) is 0 Å². The van der Waals surface area contributed by atoms with E-state index in [2.05, 4.69) is 0 Å². The molecule has 0 aliphatic carbocycles. The molecule has 0 atom stereocenters. The fourth-order valence-electron chi connectivity index (χ4n) is 2.32. The van der Waals surface area contributed by atoms with Gasteiger partial charge < -0.3 is 0 Å². The van der Waals surface area contributed by atoms with Gasteiger partial charge in [0.15, 0.2) is 0 Å². The van der Waals surface area contributed by atoms with Crippen molar-refractivity contribution in [3.63, 3.8) is 0 Å². The standard InChI is InChI=1S/C17H13F13N/c1-4-8-31(9-5-2,10-6-3)11-7-12(18,19)13(20,21)14(22,23)15(24,25)16(26,27)17(28,29)30/h1-3H,7-11H2/q+1. The SMILES string of the molecule is C#CC[N+](CC#C)(CC#C)CCC(F)(F)C(F)(F)C(F)(F)C(F)(F)C(F)(F)C(F)(F)F. The van der Waals surface area contributed by atoms with Crippen LogP contribution in [-0.2, 0) is 0 Å². The number of terminal acetylenes is 3. The van der Waals surface area contributed by atoms with Crippen molar-refractivity contribution in [2.45, 2.75) is 42.2 Å². The van der Waals surface area contributed by atoms with Crippen LogP contribution in [0.15, 0.2) is 0 Å². The van der Waals surface area contributed by atoms with Gasteiger partial charge in [0.1, 0.15) is 19.6 Å². The fraction of sp³-hybridized carbons (Fsp3) is 0.647. The van der Waals surface area contributed by atoms with Crippen LogP contribution in [0.4, 0.5) is 57.1 Å². The molecule has 0 aromatic heterocycles. The lowest BCUT2D eigenvalue weighted by Gasteiger charge is -2.41. The van der Waals surface area contributed by atoms with Crippen LogP contribution < -0.4 is 0 Å². The van der Waals surface area contributed by atoms with Crippen LogP contribution in [0.5, 0.6) is 0 Å². The summed E-state index contributed by atoms with van der Waals surface area (Å²) in [4.78, 5) is 0. The Morgan fingerprint density at radius 2 is 0.839 bits per heavy atom. The molecule has 0 spiro atoms. The summed E-state index contributed by atoms with van der Waals surface area (Å²) in [7, 11) is 0. The molecule has 31 heavy (non-hydrogen) atoms. The van der Waals surface area contributed by atoms with Crippen molar-refractivity contribution in [3.8, 4) is 37.0 Å². The van der Waals surface area contributed by atoms with Crippen molar-refractivity contribution in [1.29, 1.82) is 0 Å². The molecule has 0 saturated heterocycles. The lowest BCUT2D eigenvalue weighted by Crippen LogP contribution is -2.70. The van der Waals surface area contributed by atoms with Crippen LogP contribution in [0.2, 0.25) is 0 Å². The molecule has 0 aromatic rings. The van der Waals surface area contributed by atoms with Crippen molar-refractivity contribution in [1.82, 2.24) is 0 Å². The van der Waals surface area contributed by atoms with Gasteiger partial charge in [0.2, 0.25) is 0 Å². The van der Waals surface area contributed by atoms with E-state index in [1.807, 2.05) is 17.8 Å². The Morgan fingerprint density at radius 1 is 0.516 bits per heavy atom. The first kappa shape index (κ1) is 28.7. The Balaban J connectivity index is 6.21. The summed E-state index contributed by atoms with van der Waals surface area (Å²) in [5.74, 6) is -31.4. The van der Waals surface area contributed by atoms with Gasteiger partial charge in [-0.15, -0.1) is 19.3 Å². The molecule has 0 rings (SSSR count). The van der Waals surface area contributed by atoms with Gasteiger partial charge in [0.25, 0.3) is 0 Å². The zero-order chi connectivity index (χ0) is 25.2. The smallest absolute Gasteiger partial charge is 0.293 e. The molecule has 0 radical (unpaired) electrons. The maximum atomic E-state index is 13.9. The molecular formula is C17H13F13N+. The van der Waals surface area contributed by atoms with E-state index in [-0.39, 0.29) is 0 Å². The third-order valence-corrected chi connectivity index (χ3v) is 4.18. The van der Waals surface area contributed by atoms with Crippen molar-refractivity contribution < 1.29 is 61.6 Å². The van der Waals surface area contributed by atoms with Gasteiger partial charge >= 0.3 is 35.8 Å². The predicted molar refractivity (Wildman–Crippen MR) is 81.6 cm³/mol. The highest BCUT2D eigenvalue weighted by molar-refractivity contribution is 5.10. The minimum Gasteiger partial charge on any atom is -0.293 e. The van der Waals surface area contributed by atoms with Gasteiger partial charge in [-0.2, -0.15) is 57.1 Å². The second-order valence-corrected chi connectivity index (χ2v) is 6.40. The molecule has 0 fully saturated rings. The Hall–Kier alpha value is -2.27. The highest BCUT2D eigenvalue weighted by Gasteiger charge is 2.90. The van der Waals surface area contributed by atoms with E-state index in [9.17, 15) is 57.1 Å². The van der Waals surface area contributed by atoms with Gasteiger partial charge in [-0.25, -0.2) is 0 Å². The van der Waals surface area contributed by atoms with E-state index in [1.165, 1.54) is 0 Å². The van der Waals surface area contributed by atoms with Gasteiger partial charge in [0.05, 0.1) is 13.0 Å². The molecule has 14 heteroatoms. The minimum atomic E-state index is -7.94. The Kier molecular flexibility index (Phi) is 8.06. The fourth-order valence-corrected chi connectivity index (χ4v) is 2.32. The van der Waals surface area contributed by atoms with Gasteiger partial charge in [-0.1, -0.05) is 0 Å². The number of hydrogen-bond acceptors (Lipinski definition) is 0. The molecule has 0 unspecified atom stereocenters. The lowest BCUT2D eigenvalue weighted by molar-refractivity contribution is -0.909. The van der Waals surface area contributed by atoms with Gasteiger partial charge in [-0.3, -0.25) is 4.48 Å². The average molecular weight is 478 g/mol.